The van der Waals surface area contributed by atoms with E-state index >= 15 is 0 Å². The highest BCUT2D eigenvalue weighted by Crippen LogP contribution is 2.34. The number of ether oxygens (including phenoxy) is 1. The fourth-order valence-corrected chi connectivity index (χ4v) is 3.91. The van der Waals surface area contributed by atoms with Crippen LogP contribution in [0.1, 0.15) is 22.9 Å². The molecule has 0 radical (unpaired) electrons. The molecule has 0 aliphatic heterocycles. The van der Waals surface area contributed by atoms with Crippen LogP contribution < -0.4 is 15.4 Å². The molecule has 1 aromatic heterocycles. The number of imidazole rings is 1. The molecule has 0 aliphatic carbocycles. The maximum absolute atomic E-state index is 12.8. The first kappa shape index (κ1) is 21.2. The fraction of sp³-hybridized carbons (Fsp3) is 0.154. The van der Waals surface area contributed by atoms with Gasteiger partial charge in [0.25, 0.3) is 0 Å². The second-order valence-corrected chi connectivity index (χ2v) is 7.60. The SMILES string of the molecule is COc1cc(N(C(N)=O)C(Cc2ccccc2)c2ccccc2)ccc1-n1cnc(C)c1. The van der Waals surface area contributed by atoms with Crippen LogP contribution in [0.4, 0.5) is 10.5 Å². The van der Waals surface area contributed by atoms with Gasteiger partial charge in [-0.05, 0) is 36.6 Å². The molecule has 2 amide bonds. The molecule has 6 nitrogen and oxygen atoms in total. The van der Waals surface area contributed by atoms with Gasteiger partial charge in [-0.25, -0.2) is 9.78 Å². The maximum atomic E-state index is 12.8. The van der Waals surface area contributed by atoms with Crippen molar-refractivity contribution in [1.82, 2.24) is 9.55 Å². The van der Waals surface area contributed by atoms with Crippen molar-refractivity contribution in [3.8, 4) is 11.4 Å². The topological polar surface area (TPSA) is 73.4 Å². The number of amides is 2. The van der Waals surface area contributed by atoms with Gasteiger partial charge in [0.1, 0.15) is 5.75 Å². The number of hydrogen-bond donors (Lipinski definition) is 1. The Labute approximate surface area is 187 Å². The van der Waals surface area contributed by atoms with Crippen molar-refractivity contribution in [3.63, 3.8) is 0 Å². The highest BCUT2D eigenvalue weighted by molar-refractivity contribution is 5.92. The molecular formula is C26H26N4O2. The summed E-state index contributed by atoms with van der Waals surface area (Å²) in [5.41, 5.74) is 10.5. The summed E-state index contributed by atoms with van der Waals surface area (Å²) in [6.07, 6.45) is 4.28. The van der Waals surface area contributed by atoms with Crippen molar-refractivity contribution in [1.29, 1.82) is 0 Å². The summed E-state index contributed by atoms with van der Waals surface area (Å²) in [6, 6.07) is 24.9. The number of nitrogens with zero attached hydrogens (tertiary/aromatic N) is 3. The third-order valence-electron chi connectivity index (χ3n) is 5.44. The highest BCUT2D eigenvalue weighted by Gasteiger charge is 2.26. The molecular weight excluding hydrogens is 400 g/mol. The number of hydrogen-bond acceptors (Lipinski definition) is 3. The zero-order valence-corrected chi connectivity index (χ0v) is 18.2. The van der Waals surface area contributed by atoms with Gasteiger partial charge in [-0.3, -0.25) is 4.90 Å². The van der Waals surface area contributed by atoms with Crippen LogP contribution in [0.15, 0.2) is 91.4 Å². The predicted octanol–water partition coefficient (Wildman–Crippen LogP) is 5.06. The Balaban J connectivity index is 1.78. The monoisotopic (exact) mass is 426 g/mol. The molecule has 0 bridgehead atoms. The van der Waals surface area contributed by atoms with E-state index in [2.05, 4.69) is 17.1 Å². The van der Waals surface area contributed by atoms with E-state index in [4.69, 9.17) is 10.5 Å². The van der Waals surface area contributed by atoms with E-state index in [-0.39, 0.29) is 6.04 Å². The molecule has 2 N–H and O–H groups in total. The number of aromatic nitrogens is 2. The number of nitrogens with two attached hydrogens (primary N) is 1. The summed E-state index contributed by atoms with van der Waals surface area (Å²) < 4.78 is 7.55. The summed E-state index contributed by atoms with van der Waals surface area (Å²) in [5.74, 6) is 0.623. The Kier molecular flexibility index (Phi) is 6.22. The van der Waals surface area contributed by atoms with Crippen LogP contribution in [-0.4, -0.2) is 22.7 Å². The summed E-state index contributed by atoms with van der Waals surface area (Å²) in [6.45, 7) is 1.93. The van der Waals surface area contributed by atoms with Crippen LogP contribution in [-0.2, 0) is 6.42 Å². The van der Waals surface area contributed by atoms with Crippen molar-refractivity contribution >= 4 is 11.7 Å². The minimum Gasteiger partial charge on any atom is -0.494 e. The van der Waals surface area contributed by atoms with E-state index in [1.54, 1.807) is 18.3 Å². The maximum Gasteiger partial charge on any atom is 0.319 e. The Hall–Kier alpha value is -4.06. The smallest absolute Gasteiger partial charge is 0.319 e. The quantitative estimate of drug-likeness (QED) is 0.449. The van der Waals surface area contributed by atoms with Gasteiger partial charge in [0.05, 0.1) is 30.9 Å². The van der Waals surface area contributed by atoms with Crippen LogP contribution in [0.25, 0.3) is 5.69 Å². The number of primary amides is 1. The van der Waals surface area contributed by atoms with Crippen LogP contribution in [0, 0.1) is 6.92 Å². The lowest BCUT2D eigenvalue weighted by Crippen LogP contribution is -2.40. The summed E-state index contributed by atoms with van der Waals surface area (Å²) >= 11 is 0. The van der Waals surface area contributed by atoms with Gasteiger partial charge in [0.15, 0.2) is 0 Å². The van der Waals surface area contributed by atoms with Crippen LogP contribution in [0.3, 0.4) is 0 Å². The molecule has 1 atom stereocenters. The lowest BCUT2D eigenvalue weighted by Gasteiger charge is -2.31. The largest absolute Gasteiger partial charge is 0.494 e. The molecule has 0 fully saturated rings. The molecule has 3 aromatic carbocycles. The van der Waals surface area contributed by atoms with Crippen LogP contribution in [0.5, 0.6) is 5.75 Å². The van der Waals surface area contributed by atoms with Crippen molar-refractivity contribution < 1.29 is 9.53 Å². The van der Waals surface area contributed by atoms with E-state index in [9.17, 15) is 4.79 Å². The van der Waals surface area contributed by atoms with Gasteiger partial charge in [-0.2, -0.15) is 0 Å². The number of carbonyl (C=O) groups excluding carboxylic acids is 1. The second-order valence-electron chi connectivity index (χ2n) is 7.60. The lowest BCUT2D eigenvalue weighted by atomic mass is 9.97. The normalized spacial score (nSPS) is 11.7. The van der Waals surface area contributed by atoms with E-state index in [1.807, 2.05) is 84.4 Å². The average molecular weight is 427 g/mol. The molecule has 162 valence electrons. The number of aryl methyl sites for hydroxylation is 1. The van der Waals surface area contributed by atoms with Crippen molar-refractivity contribution in [3.05, 3.63) is 108 Å². The highest BCUT2D eigenvalue weighted by atomic mass is 16.5. The van der Waals surface area contributed by atoms with Gasteiger partial charge in [-0.15, -0.1) is 0 Å². The van der Waals surface area contributed by atoms with Crippen LogP contribution in [0.2, 0.25) is 0 Å². The lowest BCUT2D eigenvalue weighted by molar-refractivity contribution is 0.251. The molecule has 32 heavy (non-hydrogen) atoms. The van der Waals surface area contributed by atoms with Crippen LogP contribution >= 0.6 is 0 Å². The Morgan fingerprint density at radius 3 is 2.34 bits per heavy atom. The number of urea groups is 1. The first-order valence-corrected chi connectivity index (χ1v) is 10.4. The standard InChI is InChI=1S/C26H26N4O2/c1-19-17-29(18-28-19)23-14-13-22(16-25(23)32-2)30(26(27)31)24(21-11-7-4-8-12-21)15-20-9-5-3-6-10-20/h3-14,16-18,24H,15H2,1-2H3,(H2,27,31). The van der Waals surface area contributed by atoms with Crippen molar-refractivity contribution in [2.24, 2.45) is 5.73 Å². The number of anilines is 1. The van der Waals surface area contributed by atoms with Crippen molar-refractivity contribution in [2.45, 2.75) is 19.4 Å². The van der Waals surface area contributed by atoms with Gasteiger partial charge >= 0.3 is 6.03 Å². The number of methoxy groups -OCH3 is 1. The molecule has 0 aliphatic rings. The minimum atomic E-state index is -0.525. The van der Waals surface area contributed by atoms with E-state index in [0.717, 1.165) is 22.5 Å². The molecule has 4 rings (SSSR count). The van der Waals surface area contributed by atoms with E-state index < -0.39 is 6.03 Å². The second kappa shape index (κ2) is 9.39. The van der Waals surface area contributed by atoms with E-state index in [0.29, 0.717) is 17.9 Å². The molecule has 4 aromatic rings. The van der Waals surface area contributed by atoms with E-state index in [1.165, 1.54) is 0 Å². The van der Waals surface area contributed by atoms with Gasteiger partial charge < -0.3 is 15.0 Å². The van der Waals surface area contributed by atoms with Gasteiger partial charge in [0.2, 0.25) is 0 Å². The third kappa shape index (κ3) is 4.49. The number of carbonyl (C=O) groups is 1. The average Bonchev–Trinajstić information content (AvgIpc) is 3.25. The fourth-order valence-electron chi connectivity index (χ4n) is 3.91. The first-order chi connectivity index (χ1) is 15.6. The predicted molar refractivity (Wildman–Crippen MR) is 126 cm³/mol. The molecule has 1 unspecified atom stereocenters. The summed E-state index contributed by atoms with van der Waals surface area (Å²) in [7, 11) is 1.61. The Morgan fingerprint density at radius 2 is 1.75 bits per heavy atom. The Morgan fingerprint density at radius 1 is 1.06 bits per heavy atom. The summed E-state index contributed by atoms with van der Waals surface area (Å²) in [5, 5.41) is 0. The molecule has 6 heteroatoms. The van der Waals surface area contributed by atoms with Gasteiger partial charge in [0, 0.05) is 18.0 Å². The zero-order chi connectivity index (χ0) is 22.5. The third-order valence-corrected chi connectivity index (χ3v) is 5.44. The first-order valence-electron chi connectivity index (χ1n) is 10.4. The molecule has 0 spiro atoms. The zero-order valence-electron chi connectivity index (χ0n) is 18.2. The molecule has 0 saturated carbocycles. The van der Waals surface area contributed by atoms with Crippen molar-refractivity contribution in [2.75, 3.05) is 12.0 Å². The molecule has 0 saturated heterocycles. The Bertz CT molecular complexity index is 1190. The summed E-state index contributed by atoms with van der Waals surface area (Å²) in [4.78, 5) is 18.7. The molecule has 1 heterocycles. The number of rotatable bonds is 7. The number of benzene rings is 3. The van der Waals surface area contributed by atoms with Gasteiger partial charge in [-0.1, -0.05) is 60.7 Å². The minimum absolute atomic E-state index is 0.276.